The number of fused-ring (bicyclic) bond motifs is 1. The van der Waals surface area contributed by atoms with Crippen LogP contribution in [0, 0.1) is 0 Å². The van der Waals surface area contributed by atoms with Gasteiger partial charge in [-0.3, -0.25) is 15.0 Å². The van der Waals surface area contributed by atoms with Gasteiger partial charge in [0.25, 0.3) is 5.91 Å². The number of likely N-dealkylation sites (tertiary alicyclic amines) is 1. The number of aromatic nitrogens is 3. The van der Waals surface area contributed by atoms with E-state index in [1.54, 1.807) is 28.1 Å². The molecule has 6 rings (SSSR count). The molecule has 164 valence electrons. The van der Waals surface area contributed by atoms with Gasteiger partial charge < -0.3 is 10.6 Å². The van der Waals surface area contributed by atoms with E-state index in [1.807, 2.05) is 6.07 Å². The van der Waals surface area contributed by atoms with E-state index in [1.165, 1.54) is 30.8 Å². The molecular weight excluding hydrogens is 426 g/mol. The normalized spacial score (nSPS) is 20.3. The molecule has 2 saturated heterocycles. The number of amides is 3. The number of nitrogens with zero attached hydrogens (tertiary/aromatic N) is 4. The van der Waals surface area contributed by atoms with E-state index >= 15 is 0 Å². The van der Waals surface area contributed by atoms with Gasteiger partial charge in [0.05, 0.1) is 11.9 Å². The lowest BCUT2D eigenvalue weighted by Gasteiger charge is -2.12. The Kier molecular flexibility index (Phi) is 4.69. The van der Waals surface area contributed by atoms with Crippen molar-refractivity contribution < 1.29 is 9.59 Å². The van der Waals surface area contributed by atoms with Gasteiger partial charge in [0.15, 0.2) is 5.65 Å². The predicted octanol–water partition coefficient (Wildman–Crippen LogP) is 2.81. The van der Waals surface area contributed by atoms with Crippen LogP contribution in [0.5, 0.6) is 0 Å². The summed E-state index contributed by atoms with van der Waals surface area (Å²) in [7, 11) is 0. The van der Waals surface area contributed by atoms with Crippen molar-refractivity contribution in [3.8, 4) is 11.3 Å². The van der Waals surface area contributed by atoms with E-state index in [2.05, 4.69) is 37.4 Å². The van der Waals surface area contributed by atoms with E-state index in [4.69, 9.17) is 4.98 Å². The molecule has 3 aromatic heterocycles. The minimum Gasteiger partial charge on any atom is -0.367 e. The zero-order chi connectivity index (χ0) is 21.7. The number of nitrogens with one attached hydrogen (secondary N) is 3. The Morgan fingerprint density at radius 3 is 2.78 bits per heavy atom. The molecular formula is C22H23N7O2S. The molecule has 3 aliphatic rings. The first-order valence-electron chi connectivity index (χ1n) is 10.9. The Bertz CT molecular complexity index is 1250. The van der Waals surface area contributed by atoms with Gasteiger partial charge in [0, 0.05) is 40.0 Å². The fraction of sp³-hybridized carbons (Fsp3) is 0.364. The number of urea groups is 1. The Morgan fingerprint density at radius 1 is 1.19 bits per heavy atom. The van der Waals surface area contributed by atoms with Crippen LogP contribution in [0.4, 0.5) is 10.6 Å². The first-order chi connectivity index (χ1) is 15.6. The molecule has 0 unspecified atom stereocenters. The second kappa shape index (κ2) is 7.72. The summed E-state index contributed by atoms with van der Waals surface area (Å²) in [6.07, 6.45) is 8.13. The molecule has 3 amide bonds. The summed E-state index contributed by atoms with van der Waals surface area (Å²) in [5.74, 6) is 0.426. The maximum atomic E-state index is 12.0. The third kappa shape index (κ3) is 3.76. The van der Waals surface area contributed by atoms with Crippen LogP contribution in [0.2, 0.25) is 0 Å². The monoisotopic (exact) mass is 449 g/mol. The Hall–Kier alpha value is -3.24. The molecule has 3 N–H and O–H groups in total. The number of anilines is 1. The topological polar surface area (TPSA) is 104 Å². The Labute approximate surface area is 188 Å². The van der Waals surface area contributed by atoms with Crippen LogP contribution in [0.15, 0.2) is 29.4 Å². The Balaban J connectivity index is 1.38. The van der Waals surface area contributed by atoms with E-state index in [9.17, 15) is 9.59 Å². The highest BCUT2D eigenvalue weighted by molar-refractivity contribution is 7.10. The molecule has 2 aliphatic heterocycles. The van der Waals surface area contributed by atoms with Crippen molar-refractivity contribution in [3.05, 3.63) is 39.8 Å². The number of hydrogen-bond acceptors (Lipinski definition) is 7. The summed E-state index contributed by atoms with van der Waals surface area (Å²) in [4.78, 5) is 32.2. The molecule has 3 aromatic rings. The quantitative estimate of drug-likeness (QED) is 0.395. The van der Waals surface area contributed by atoms with E-state index in [-0.39, 0.29) is 5.70 Å². The van der Waals surface area contributed by atoms with Gasteiger partial charge in [-0.1, -0.05) is 0 Å². The van der Waals surface area contributed by atoms with Gasteiger partial charge in [-0.15, -0.1) is 11.3 Å². The van der Waals surface area contributed by atoms with Crippen molar-refractivity contribution in [2.24, 2.45) is 0 Å². The van der Waals surface area contributed by atoms with Crippen molar-refractivity contribution in [3.63, 3.8) is 0 Å². The number of imide groups is 1. The van der Waals surface area contributed by atoms with Gasteiger partial charge in [-0.05, 0) is 50.9 Å². The van der Waals surface area contributed by atoms with Crippen LogP contribution in [-0.4, -0.2) is 50.6 Å². The van der Waals surface area contributed by atoms with Crippen molar-refractivity contribution in [2.45, 2.75) is 38.3 Å². The summed E-state index contributed by atoms with van der Waals surface area (Å²) in [6.45, 7) is 3.33. The third-order valence-electron chi connectivity index (χ3n) is 5.98. The molecule has 0 atom stereocenters. The summed E-state index contributed by atoms with van der Waals surface area (Å²) in [5.41, 5.74) is 3.45. The van der Waals surface area contributed by atoms with Crippen molar-refractivity contribution in [2.75, 3.05) is 18.4 Å². The zero-order valence-electron chi connectivity index (χ0n) is 17.4. The Morgan fingerprint density at radius 2 is 2.03 bits per heavy atom. The van der Waals surface area contributed by atoms with Crippen LogP contribution < -0.4 is 16.0 Å². The summed E-state index contributed by atoms with van der Waals surface area (Å²) >= 11 is 1.76. The average Bonchev–Trinajstić information content (AvgIpc) is 3.17. The maximum Gasteiger partial charge on any atom is 0.326 e. The van der Waals surface area contributed by atoms with Gasteiger partial charge in [0.2, 0.25) is 0 Å². The van der Waals surface area contributed by atoms with Crippen LogP contribution >= 0.6 is 11.3 Å². The van der Waals surface area contributed by atoms with Gasteiger partial charge >= 0.3 is 6.03 Å². The summed E-state index contributed by atoms with van der Waals surface area (Å²) in [5, 5.41) is 14.9. The fourth-order valence-electron chi connectivity index (χ4n) is 4.17. The molecule has 5 heterocycles. The standard InChI is InChI=1S/C22H23N7O2S/c30-21-18(26-22(31)27-21)8-13-10-23-29-19(24-15-3-4-15)9-17(25-20(13)29)14-7-16(32-12-14)11-28-5-1-2-6-28/h7-10,12,15,24H,1-6,11H2,(H2,26,27,30,31)/b18-8-. The minimum atomic E-state index is -0.522. The molecule has 1 aliphatic carbocycles. The molecule has 0 bridgehead atoms. The molecule has 10 heteroatoms. The highest BCUT2D eigenvalue weighted by atomic mass is 32.1. The number of rotatable bonds is 6. The van der Waals surface area contributed by atoms with Gasteiger partial charge in [0.1, 0.15) is 11.5 Å². The molecule has 0 aromatic carbocycles. The fourth-order valence-corrected chi connectivity index (χ4v) is 5.09. The van der Waals surface area contributed by atoms with Crippen molar-refractivity contribution in [1.82, 2.24) is 30.1 Å². The average molecular weight is 450 g/mol. The maximum absolute atomic E-state index is 12.0. The number of carbonyl (C=O) groups excluding carboxylic acids is 2. The second-order valence-corrected chi connectivity index (χ2v) is 9.53. The smallest absolute Gasteiger partial charge is 0.326 e. The van der Waals surface area contributed by atoms with E-state index in [0.717, 1.165) is 36.5 Å². The van der Waals surface area contributed by atoms with E-state index < -0.39 is 11.9 Å². The first kappa shape index (κ1) is 19.4. The number of carbonyl (C=O) groups is 2. The highest BCUT2D eigenvalue weighted by Gasteiger charge is 2.25. The van der Waals surface area contributed by atoms with Crippen LogP contribution in [0.3, 0.4) is 0 Å². The third-order valence-corrected chi connectivity index (χ3v) is 6.90. The minimum absolute atomic E-state index is 0.192. The van der Waals surface area contributed by atoms with Crippen molar-refractivity contribution >= 4 is 40.8 Å². The lowest BCUT2D eigenvalue weighted by Crippen LogP contribution is -2.22. The van der Waals surface area contributed by atoms with Crippen LogP contribution in [-0.2, 0) is 11.3 Å². The highest BCUT2D eigenvalue weighted by Crippen LogP contribution is 2.31. The van der Waals surface area contributed by atoms with Gasteiger partial charge in [-0.2, -0.15) is 9.61 Å². The van der Waals surface area contributed by atoms with Crippen LogP contribution in [0.25, 0.3) is 23.0 Å². The largest absolute Gasteiger partial charge is 0.367 e. The SMILES string of the molecule is O=C1NC(=O)/C(=C/c2cnn3c(NC4CC4)cc(-c4csc(CN5CCCC5)c4)nc23)N1. The number of hydrogen-bond donors (Lipinski definition) is 3. The first-order valence-corrected chi connectivity index (χ1v) is 11.8. The van der Waals surface area contributed by atoms with E-state index in [0.29, 0.717) is 17.3 Å². The summed E-state index contributed by atoms with van der Waals surface area (Å²) < 4.78 is 1.76. The van der Waals surface area contributed by atoms with Crippen LogP contribution in [0.1, 0.15) is 36.1 Å². The lowest BCUT2D eigenvalue weighted by atomic mass is 10.2. The zero-order valence-corrected chi connectivity index (χ0v) is 18.2. The molecule has 1 saturated carbocycles. The lowest BCUT2D eigenvalue weighted by molar-refractivity contribution is -0.115. The second-order valence-electron chi connectivity index (χ2n) is 8.53. The molecule has 3 fully saturated rings. The summed E-state index contributed by atoms with van der Waals surface area (Å²) in [6, 6.07) is 4.20. The van der Waals surface area contributed by atoms with Crippen molar-refractivity contribution in [1.29, 1.82) is 0 Å². The molecule has 32 heavy (non-hydrogen) atoms. The van der Waals surface area contributed by atoms with Gasteiger partial charge in [-0.25, -0.2) is 9.78 Å². The molecule has 0 spiro atoms. The molecule has 0 radical (unpaired) electrons. The predicted molar refractivity (Wildman–Crippen MR) is 122 cm³/mol. The molecule has 9 nitrogen and oxygen atoms in total. The number of thiophene rings is 1.